The van der Waals surface area contributed by atoms with Crippen molar-refractivity contribution in [2.24, 2.45) is 11.8 Å². The highest BCUT2D eigenvalue weighted by Gasteiger charge is 2.21. The molecular formula is C11H17N3OS. The average molecular weight is 239 g/mol. The molecular weight excluding hydrogens is 222 g/mol. The Labute approximate surface area is 99.6 Å². The molecule has 1 aliphatic carbocycles. The first-order valence-corrected chi connectivity index (χ1v) is 6.60. The first-order chi connectivity index (χ1) is 7.77. The molecule has 0 saturated heterocycles. The van der Waals surface area contributed by atoms with Crippen LogP contribution in [0.5, 0.6) is 0 Å². The van der Waals surface area contributed by atoms with Gasteiger partial charge in [-0.05, 0) is 29.8 Å². The summed E-state index contributed by atoms with van der Waals surface area (Å²) in [6.45, 7) is 3.07. The van der Waals surface area contributed by atoms with Crippen LogP contribution in [0.15, 0.2) is 6.20 Å². The maximum absolute atomic E-state index is 11.7. The van der Waals surface area contributed by atoms with E-state index in [-0.39, 0.29) is 5.91 Å². The Hall–Kier alpha value is -0.970. The zero-order valence-corrected chi connectivity index (χ0v) is 10.3. The van der Waals surface area contributed by atoms with E-state index < -0.39 is 0 Å². The van der Waals surface area contributed by atoms with Gasteiger partial charge in [-0.3, -0.25) is 4.79 Å². The van der Waals surface area contributed by atoms with Crippen LogP contribution in [-0.2, 0) is 0 Å². The van der Waals surface area contributed by atoms with Crippen molar-refractivity contribution in [1.29, 1.82) is 0 Å². The van der Waals surface area contributed by atoms with E-state index in [2.05, 4.69) is 21.8 Å². The highest BCUT2D eigenvalue weighted by Crippen LogP contribution is 2.28. The van der Waals surface area contributed by atoms with Gasteiger partial charge in [-0.25, -0.2) is 0 Å². The molecule has 1 aliphatic rings. The topological polar surface area (TPSA) is 54.9 Å². The summed E-state index contributed by atoms with van der Waals surface area (Å²) in [6.07, 6.45) is 6.69. The number of nitrogens with one attached hydrogen (secondary N) is 1. The minimum absolute atomic E-state index is 0.0345. The van der Waals surface area contributed by atoms with E-state index in [0.29, 0.717) is 10.8 Å². The third-order valence-electron chi connectivity index (χ3n) is 3.40. The quantitative estimate of drug-likeness (QED) is 0.878. The Morgan fingerprint density at radius 1 is 1.56 bits per heavy atom. The van der Waals surface area contributed by atoms with Crippen LogP contribution in [0.3, 0.4) is 0 Å². The highest BCUT2D eigenvalue weighted by atomic mass is 32.1. The van der Waals surface area contributed by atoms with Gasteiger partial charge >= 0.3 is 0 Å². The van der Waals surface area contributed by atoms with Gasteiger partial charge in [0.1, 0.15) is 4.88 Å². The normalized spacial score (nSPS) is 25.3. The number of carbonyl (C=O) groups is 1. The molecule has 2 unspecified atom stereocenters. The summed E-state index contributed by atoms with van der Waals surface area (Å²) in [6, 6.07) is 0. The number of hydrogen-bond acceptors (Lipinski definition) is 4. The van der Waals surface area contributed by atoms with Gasteiger partial charge in [0.05, 0.1) is 6.20 Å². The van der Waals surface area contributed by atoms with E-state index in [1.807, 2.05) is 0 Å². The number of aromatic nitrogens is 2. The molecule has 0 aliphatic heterocycles. The smallest absolute Gasteiger partial charge is 0.264 e. The van der Waals surface area contributed by atoms with Gasteiger partial charge in [0.15, 0.2) is 0 Å². The van der Waals surface area contributed by atoms with Crippen molar-refractivity contribution in [2.75, 3.05) is 6.54 Å². The maximum Gasteiger partial charge on any atom is 0.264 e. The summed E-state index contributed by atoms with van der Waals surface area (Å²) < 4.78 is 3.68. The van der Waals surface area contributed by atoms with Crippen molar-refractivity contribution in [2.45, 2.75) is 32.6 Å². The molecule has 1 fully saturated rings. The molecule has 16 heavy (non-hydrogen) atoms. The first kappa shape index (κ1) is 11.5. The summed E-state index contributed by atoms with van der Waals surface area (Å²) >= 11 is 1.15. The molecule has 1 aromatic heterocycles. The van der Waals surface area contributed by atoms with E-state index in [1.54, 1.807) is 0 Å². The summed E-state index contributed by atoms with van der Waals surface area (Å²) in [5, 5.41) is 6.64. The lowest BCUT2D eigenvalue weighted by Crippen LogP contribution is -2.33. The predicted molar refractivity (Wildman–Crippen MR) is 63.4 cm³/mol. The number of rotatable bonds is 3. The maximum atomic E-state index is 11.7. The van der Waals surface area contributed by atoms with Crippen LogP contribution in [-0.4, -0.2) is 22.0 Å². The van der Waals surface area contributed by atoms with Gasteiger partial charge < -0.3 is 5.32 Å². The Morgan fingerprint density at radius 3 is 3.06 bits per heavy atom. The van der Waals surface area contributed by atoms with Crippen LogP contribution in [0.2, 0.25) is 0 Å². The average Bonchev–Trinajstić information content (AvgIpc) is 2.81. The second kappa shape index (κ2) is 5.39. The number of hydrogen-bond donors (Lipinski definition) is 1. The summed E-state index contributed by atoms with van der Waals surface area (Å²) in [5.74, 6) is 1.33. The summed E-state index contributed by atoms with van der Waals surface area (Å²) in [7, 11) is 0. The van der Waals surface area contributed by atoms with Crippen LogP contribution in [0.4, 0.5) is 0 Å². The lowest BCUT2D eigenvalue weighted by atomic mass is 9.80. The molecule has 4 nitrogen and oxygen atoms in total. The Bertz CT molecular complexity index is 339. The molecule has 0 spiro atoms. The molecule has 1 N–H and O–H groups in total. The largest absolute Gasteiger partial charge is 0.351 e. The van der Waals surface area contributed by atoms with Crippen molar-refractivity contribution in [1.82, 2.24) is 14.9 Å². The SMILES string of the molecule is CC1CCCCC1CNC(=O)c1cnns1. The van der Waals surface area contributed by atoms with Crippen LogP contribution in [0, 0.1) is 11.8 Å². The Morgan fingerprint density at radius 2 is 2.38 bits per heavy atom. The highest BCUT2D eigenvalue weighted by molar-refractivity contribution is 7.07. The first-order valence-electron chi connectivity index (χ1n) is 5.83. The third-order valence-corrected chi connectivity index (χ3v) is 4.06. The minimum Gasteiger partial charge on any atom is -0.351 e. The summed E-state index contributed by atoms with van der Waals surface area (Å²) in [5.41, 5.74) is 0. The second-order valence-electron chi connectivity index (χ2n) is 4.51. The van der Waals surface area contributed by atoms with Gasteiger partial charge in [-0.1, -0.05) is 30.7 Å². The van der Waals surface area contributed by atoms with Crippen LogP contribution in [0.1, 0.15) is 42.3 Å². The molecule has 2 atom stereocenters. The van der Waals surface area contributed by atoms with Crippen LogP contribution in [0.25, 0.3) is 0 Å². The molecule has 0 bridgehead atoms. The molecule has 88 valence electrons. The third kappa shape index (κ3) is 2.78. The monoisotopic (exact) mass is 239 g/mol. The fourth-order valence-electron chi connectivity index (χ4n) is 2.27. The van der Waals surface area contributed by atoms with E-state index in [9.17, 15) is 4.79 Å². The Kier molecular flexibility index (Phi) is 3.88. The van der Waals surface area contributed by atoms with E-state index >= 15 is 0 Å². The van der Waals surface area contributed by atoms with Crippen molar-refractivity contribution in [3.8, 4) is 0 Å². The lowest BCUT2D eigenvalue weighted by molar-refractivity contribution is 0.0940. The predicted octanol–water partition coefficient (Wildman–Crippen LogP) is 2.09. The molecule has 1 amide bonds. The van der Waals surface area contributed by atoms with E-state index in [4.69, 9.17) is 0 Å². The van der Waals surface area contributed by atoms with Gasteiger partial charge in [-0.2, -0.15) is 0 Å². The van der Waals surface area contributed by atoms with Gasteiger partial charge in [0.2, 0.25) is 0 Å². The van der Waals surface area contributed by atoms with Crippen molar-refractivity contribution < 1.29 is 4.79 Å². The minimum atomic E-state index is -0.0345. The molecule has 5 heteroatoms. The Balaban J connectivity index is 1.80. The van der Waals surface area contributed by atoms with Gasteiger partial charge in [-0.15, -0.1) is 5.10 Å². The van der Waals surface area contributed by atoms with Crippen molar-refractivity contribution in [3.63, 3.8) is 0 Å². The van der Waals surface area contributed by atoms with Crippen LogP contribution < -0.4 is 5.32 Å². The van der Waals surface area contributed by atoms with Crippen LogP contribution >= 0.6 is 11.5 Å². The fourth-order valence-corrected chi connectivity index (χ4v) is 2.71. The fraction of sp³-hybridized carbons (Fsp3) is 0.727. The number of nitrogens with zero attached hydrogens (tertiary/aromatic N) is 2. The van der Waals surface area contributed by atoms with E-state index in [0.717, 1.165) is 24.0 Å². The molecule has 1 heterocycles. The van der Waals surface area contributed by atoms with Gasteiger partial charge in [0.25, 0.3) is 5.91 Å². The molecule has 1 saturated carbocycles. The zero-order valence-electron chi connectivity index (χ0n) is 9.48. The lowest BCUT2D eigenvalue weighted by Gasteiger charge is -2.28. The van der Waals surface area contributed by atoms with Gasteiger partial charge in [0, 0.05) is 6.54 Å². The van der Waals surface area contributed by atoms with Crippen molar-refractivity contribution >= 4 is 17.4 Å². The number of carbonyl (C=O) groups excluding carboxylic acids is 1. The second-order valence-corrected chi connectivity index (χ2v) is 5.30. The van der Waals surface area contributed by atoms with Crippen molar-refractivity contribution in [3.05, 3.63) is 11.1 Å². The standard InChI is InChI=1S/C11H17N3OS/c1-8-4-2-3-5-9(8)6-12-11(15)10-7-13-14-16-10/h7-9H,2-6H2,1H3,(H,12,15). The van der Waals surface area contributed by atoms with E-state index in [1.165, 1.54) is 31.9 Å². The summed E-state index contributed by atoms with van der Waals surface area (Å²) in [4.78, 5) is 12.3. The molecule has 0 aromatic carbocycles. The number of amides is 1. The zero-order chi connectivity index (χ0) is 11.4. The molecule has 1 aromatic rings. The molecule has 2 rings (SSSR count). The molecule has 0 radical (unpaired) electrons.